The lowest BCUT2D eigenvalue weighted by Gasteiger charge is -2.11. The van der Waals surface area contributed by atoms with Crippen LogP contribution < -0.4 is 0 Å². The van der Waals surface area contributed by atoms with Crippen LogP contribution in [0.3, 0.4) is 0 Å². The lowest BCUT2D eigenvalue weighted by Crippen LogP contribution is -1.96. The van der Waals surface area contributed by atoms with Gasteiger partial charge in [-0.3, -0.25) is 0 Å². The van der Waals surface area contributed by atoms with E-state index in [1.807, 2.05) is 66.7 Å². The molecule has 0 radical (unpaired) electrons. The van der Waals surface area contributed by atoms with E-state index in [0.29, 0.717) is 15.9 Å². The van der Waals surface area contributed by atoms with Crippen LogP contribution in [-0.2, 0) is 0 Å². The summed E-state index contributed by atoms with van der Waals surface area (Å²) in [6.45, 7) is 0. The third-order valence-corrected chi connectivity index (χ3v) is 5.62. The Bertz CT molecular complexity index is 1360. The molecule has 1 heterocycles. The molecule has 0 bridgehead atoms. The Kier molecular flexibility index (Phi) is 5.72. The lowest BCUT2D eigenvalue weighted by atomic mass is 10.0. The molecule has 5 aromatic rings. The maximum Gasteiger partial charge on any atom is 0.160 e. The van der Waals surface area contributed by atoms with E-state index < -0.39 is 0 Å². The van der Waals surface area contributed by atoms with Crippen LogP contribution in [0.5, 0.6) is 0 Å². The summed E-state index contributed by atoms with van der Waals surface area (Å²) in [6.07, 6.45) is 0. The molecule has 0 aliphatic heterocycles. The molecule has 0 N–H and O–H groups in total. The Morgan fingerprint density at radius 1 is 0.406 bits per heavy atom. The van der Waals surface area contributed by atoms with E-state index in [0.717, 1.165) is 39.2 Å². The first kappa shape index (κ1) is 20.4. The van der Waals surface area contributed by atoms with Crippen LogP contribution in [0.2, 0.25) is 10.0 Å². The van der Waals surface area contributed by atoms with E-state index >= 15 is 0 Å². The topological polar surface area (TPSA) is 25.8 Å². The van der Waals surface area contributed by atoms with E-state index in [9.17, 15) is 0 Å². The van der Waals surface area contributed by atoms with Crippen molar-refractivity contribution in [2.24, 2.45) is 0 Å². The molecule has 5 rings (SSSR count). The van der Waals surface area contributed by atoms with Crippen molar-refractivity contribution in [3.05, 3.63) is 119 Å². The van der Waals surface area contributed by atoms with Crippen LogP contribution in [-0.4, -0.2) is 9.97 Å². The SMILES string of the molecule is Clc1cc(Cl)cc(-c2cc(-c3cccc(-c4ccccc4)c3)nc(-c3ccccc3)n2)c1. The number of hydrogen-bond acceptors (Lipinski definition) is 2. The van der Waals surface area contributed by atoms with Crippen molar-refractivity contribution in [2.75, 3.05) is 0 Å². The summed E-state index contributed by atoms with van der Waals surface area (Å²) in [4.78, 5) is 9.74. The Balaban J connectivity index is 1.69. The molecule has 4 heteroatoms. The first-order chi connectivity index (χ1) is 15.7. The highest BCUT2D eigenvalue weighted by molar-refractivity contribution is 6.35. The van der Waals surface area contributed by atoms with Crippen molar-refractivity contribution in [3.8, 4) is 45.0 Å². The van der Waals surface area contributed by atoms with Gasteiger partial charge in [0.25, 0.3) is 0 Å². The van der Waals surface area contributed by atoms with Gasteiger partial charge in [-0.2, -0.15) is 0 Å². The molecule has 0 aliphatic carbocycles. The average molecular weight is 453 g/mol. The Hall–Kier alpha value is -3.46. The summed E-state index contributed by atoms with van der Waals surface area (Å²) in [6, 6.07) is 36.1. The monoisotopic (exact) mass is 452 g/mol. The van der Waals surface area contributed by atoms with Crippen LogP contribution in [0.4, 0.5) is 0 Å². The normalized spacial score (nSPS) is 10.8. The summed E-state index contributed by atoms with van der Waals surface area (Å²) in [5.74, 6) is 0.652. The molecule has 0 unspecified atom stereocenters. The van der Waals surface area contributed by atoms with Crippen molar-refractivity contribution in [1.82, 2.24) is 9.97 Å². The Morgan fingerprint density at radius 2 is 0.938 bits per heavy atom. The van der Waals surface area contributed by atoms with E-state index in [4.69, 9.17) is 33.2 Å². The molecular formula is C28H18Cl2N2. The van der Waals surface area contributed by atoms with E-state index in [-0.39, 0.29) is 0 Å². The molecule has 32 heavy (non-hydrogen) atoms. The summed E-state index contributed by atoms with van der Waals surface area (Å²) < 4.78 is 0. The van der Waals surface area contributed by atoms with Gasteiger partial charge in [0.05, 0.1) is 11.4 Å². The van der Waals surface area contributed by atoms with Gasteiger partial charge in [-0.15, -0.1) is 0 Å². The van der Waals surface area contributed by atoms with Crippen LogP contribution in [0.15, 0.2) is 109 Å². The van der Waals surface area contributed by atoms with Gasteiger partial charge >= 0.3 is 0 Å². The summed E-state index contributed by atoms with van der Waals surface area (Å²) in [5, 5.41) is 1.14. The quantitative estimate of drug-likeness (QED) is 0.273. The molecule has 4 aromatic carbocycles. The minimum Gasteiger partial charge on any atom is -0.228 e. The third-order valence-electron chi connectivity index (χ3n) is 5.18. The van der Waals surface area contributed by atoms with Crippen LogP contribution in [0.1, 0.15) is 0 Å². The summed E-state index contributed by atoms with van der Waals surface area (Å²) in [5.41, 5.74) is 6.71. The van der Waals surface area contributed by atoms with Crippen molar-refractivity contribution >= 4 is 23.2 Å². The number of hydrogen-bond donors (Lipinski definition) is 0. The predicted molar refractivity (Wildman–Crippen MR) is 134 cm³/mol. The van der Waals surface area contributed by atoms with Gasteiger partial charge in [0.1, 0.15) is 0 Å². The molecular weight excluding hydrogens is 435 g/mol. The fraction of sp³-hybridized carbons (Fsp3) is 0. The Morgan fingerprint density at radius 3 is 1.59 bits per heavy atom. The zero-order valence-corrected chi connectivity index (χ0v) is 18.6. The second-order valence-electron chi connectivity index (χ2n) is 7.43. The van der Waals surface area contributed by atoms with Crippen molar-refractivity contribution in [1.29, 1.82) is 0 Å². The molecule has 0 aliphatic rings. The van der Waals surface area contributed by atoms with Gasteiger partial charge in [0.15, 0.2) is 5.82 Å². The summed E-state index contributed by atoms with van der Waals surface area (Å²) in [7, 11) is 0. The number of aromatic nitrogens is 2. The molecule has 0 amide bonds. The second kappa shape index (κ2) is 8.96. The first-order valence-electron chi connectivity index (χ1n) is 10.2. The maximum absolute atomic E-state index is 6.27. The van der Waals surface area contributed by atoms with Crippen molar-refractivity contribution in [2.45, 2.75) is 0 Å². The van der Waals surface area contributed by atoms with Crippen LogP contribution in [0, 0.1) is 0 Å². The molecule has 0 saturated heterocycles. The van der Waals surface area contributed by atoms with Gasteiger partial charge in [0, 0.05) is 26.7 Å². The predicted octanol–water partition coefficient (Wildman–Crippen LogP) is 8.45. The molecule has 0 spiro atoms. The van der Waals surface area contributed by atoms with Crippen LogP contribution in [0.25, 0.3) is 45.0 Å². The molecule has 0 fully saturated rings. The minimum atomic E-state index is 0.569. The fourth-order valence-corrected chi connectivity index (χ4v) is 4.18. The minimum absolute atomic E-state index is 0.569. The van der Waals surface area contributed by atoms with Crippen LogP contribution >= 0.6 is 23.2 Å². The molecule has 154 valence electrons. The number of rotatable bonds is 4. The lowest BCUT2D eigenvalue weighted by molar-refractivity contribution is 1.18. The van der Waals surface area contributed by atoms with Gasteiger partial charge in [-0.05, 0) is 41.5 Å². The largest absolute Gasteiger partial charge is 0.228 e. The smallest absolute Gasteiger partial charge is 0.160 e. The van der Waals surface area contributed by atoms with Crippen molar-refractivity contribution < 1.29 is 0 Å². The number of benzene rings is 4. The van der Waals surface area contributed by atoms with Gasteiger partial charge in [-0.25, -0.2) is 9.97 Å². The average Bonchev–Trinajstić information content (AvgIpc) is 2.84. The van der Waals surface area contributed by atoms with Gasteiger partial charge in [0.2, 0.25) is 0 Å². The second-order valence-corrected chi connectivity index (χ2v) is 8.31. The van der Waals surface area contributed by atoms with Gasteiger partial charge < -0.3 is 0 Å². The number of halogens is 2. The highest BCUT2D eigenvalue weighted by atomic mass is 35.5. The standard InChI is InChI=1S/C28H18Cl2N2/c29-24-15-23(16-25(30)17-24)27-18-26(31-28(32-27)20-10-5-2-6-11-20)22-13-7-12-21(14-22)19-8-3-1-4-9-19/h1-18H. The molecule has 0 saturated carbocycles. The maximum atomic E-state index is 6.27. The Labute approximate surface area is 197 Å². The molecule has 1 aromatic heterocycles. The highest BCUT2D eigenvalue weighted by Crippen LogP contribution is 2.32. The van der Waals surface area contributed by atoms with E-state index in [1.165, 1.54) is 0 Å². The summed E-state index contributed by atoms with van der Waals surface area (Å²) >= 11 is 12.5. The van der Waals surface area contributed by atoms with Crippen molar-refractivity contribution in [3.63, 3.8) is 0 Å². The van der Waals surface area contributed by atoms with E-state index in [2.05, 4.69) is 36.4 Å². The molecule has 2 nitrogen and oxygen atoms in total. The fourth-order valence-electron chi connectivity index (χ4n) is 3.65. The number of nitrogens with zero attached hydrogens (tertiary/aromatic N) is 2. The first-order valence-corrected chi connectivity index (χ1v) is 11.0. The zero-order valence-electron chi connectivity index (χ0n) is 17.0. The highest BCUT2D eigenvalue weighted by Gasteiger charge is 2.12. The van der Waals surface area contributed by atoms with E-state index in [1.54, 1.807) is 6.07 Å². The third kappa shape index (κ3) is 4.43. The zero-order chi connectivity index (χ0) is 21.9. The molecule has 0 atom stereocenters. The van der Waals surface area contributed by atoms with Gasteiger partial charge in [-0.1, -0.05) is 102 Å².